The molecular weight excluding hydrogens is 200 g/mol. The van der Waals surface area contributed by atoms with E-state index in [9.17, 15) is 0 Å². The largest absolute Gasteiger partial charge is 0.350 e. The van der Waals surface area contributed by atoms with Crippen LogP contribution in [0.25, 0.3) is 0 Å². The topological polar surface area (TPSA) is 48.8 Å². The van der Waals surface area contributed by atoms with Crippen molar-refractivity contribution in [2.45, 2.75) is 25.9 Å². The highest BCUT2D eigenvalue weighted by molar-refractivity contribution is 5.11. The van der Waals surface area contributed by atoms with Gasteiger partial charge in [0.05, 0.1) is 0 Å². The Morgan fingerprint density at radius 2 is 2.25 bits per heavy atom. The van der Waals surface area contributed by atoms with Crippen LogP contribution in [0.2, 0.25) is 0 Å². The molecule has 2 N–H and O–H groups in total. The average Bonchev–Trinajstić information content (AvgIpc) is 2.83. The van der Waals surface area contributed by atoms with Crippen molar-refractivity contribution in [3.63, 3.8) is 0 Å². The lowest BCUT2D eigenvalue weighted by Gasteiger charge is -2.11. The third-order valence-electron chi connectivity index (χ3n) is 2.83. The van der Waals surface area contributed by atoms with E-state index in [-0.39, 0.29) is 6.04 Å². The SMILES string of the molecule is CC(N)c1cccn1CCc1nccn1C. The van der Waals surface area contributed by atoms with Gasteiger partial charge in [-0.3, -0.25) is 0 Å². The average molecular weight is 218 g/mol. The first-order valence-electron chi connectivity index (χ1n) is 5.55. The molecule has 4 nitrogen and oxygen atoms in total. The van der Waals surface area contributed by atoms with E-state index in [4.69, 9.17) is 5.73 Å². The van der Waals surface area contributed by atoms with Crippen molar-refractivity contribution in [1.29, 1.82) is 0 Å². The van der Waals surface area contributed by atoms with Crippen LogP contribution in [-0.2, 0) is 20.0 Å². The van der Waals surface area contributed by atoms with E-state index in [1.54, 1.807) is 0 Å². The minimum absolute atomic E-state index is 0.0800. The Hall–Kier alpha value is -1.55. The monoisotopic (exact) mass is 218 g/mol. The van der Waals surface area contributed by atoms with Crippen molar-refractivity contribution in [3.05, 3.63) is 42.2 Å². The van der Waals surface area contributed by atoms with Crippen LogP contribution in [0.3, 0.4) is 0 Å². The molecule has 0 aliphatic carbocycles. The second-order valence-electron chi connectivity index (χ2n) is 4.12. The summed E-state index contributed by atoms with van der Waals surface area (Å²) in [5.41, 5.74) is 7.07. The number of aromatic nitrogens is 3. The van der Waals surface area contributed by atoms with Crippen LogP contribution in [0.4, 0.5) is 0 Å². The van der Waals surface area contributed by atoms with Gasteiger partial charge in [-0.1, -0.05) is 0 Å². The summed E-state index contributed by atoms with van der Waals surface area (Å²) >= 11 is 0. The summed E-state index contributed by atoms with van der Waals surface area (Å²) in [6, 6.07) is 4.19. The molecule has 2 aromatic rings. The Labute approximate surface area is 95.7 Å². The van der Waals surface area contributed by atoms with E-state index in [0.717, 1.165) is 18.8 Å². The molecule has 0 radical (unpaired) electrons. The van der Waals surface area contributed by atoms with E-state index < -0.39 is 0 Å². The third kappa shape index (κ3) is 2.17. The number of rotatable bonds is 4. The third-order valence-corrected chi connectivity index (χ3v) is 2.83. The highest BCUT2D eigenvalue weighted by atomic mass is 15.0. The van der Waals surface area contributed by atoms with Crippen LogP contribution < -0.4 is 5.73 Å². The van der Waals surface area contributed by atoms with Gasteiger partial charge in [0.1, 0.15) is 5.82 Å². The van der Waals surface area contributed by atoms with Crippen molar-refractivity contribution >= 4 is 0 Å². The van der Waals surface area contributed by atoms with Crippen LogP contribution in [-0.4, -0.2) is 14.1 Å². The van der Waals surface area contributed by atoms with Gasteiger partial charge in [0.15, 0.2) is 0 Å². The first-order chi connectivity index (χ1) is 7.68. The van der Waals surface area contributed by atoms with Crippen molar-refractivity contribution in [3.8, 4) is 0 Å². The van der Waals surface area contributed by atoms with Gasteiger partial charge in [-0.05, 0) is 19.1 Å². The molecule has 0 amide bonds. The van der Waals surface area contributed by atoms with Crippen LogP contribution in [0, 0.1) is 0 Å². The molecule has 2 aromatic heterocycles. The van der Waals surface area contributed by atoms with Crippen LogP contribution >= 0.6 is 0 Å². The predicted molar refractivity (Wildman–Crippen MR) is 63.9 cm³/mol. The summed E-state index contributed by atoms with van der Waals surface area (Å²) in [7, 11) is 2.02. The highest BCUT2D eigenvalue weighted by Gasteiger charge is 2.06. The fraction of sp³-hybridized carbons (Fsp3) is 0.417. The van der Waals surface area contributed by atoms with E-state index in [1.165, 1.54) is 5.69 Å². The number of aryl methyl sites for hydroxylation is 3. The molecule has 0 bridgehead atoms. The highest BCUT2D eigenvalue weighted by Crippen LogP contribution is 2.11. The van der Waals surface area contributed by atoms with E-state index in [2.05, 4.69) is 26.4 Å². The zero-order chi connectivity index (χ0) is 11.5. The normalized spacial score (nSPS) is 12.9. The zero-order valence-electron chi connectivity index (χ0n) is 9.80. The standard InChI is InChI=1S/C12H18N4/c1-10(13)11-4-3-7-16(11)8-5-12-14-6-9-15(12)2/h3-4,6-7,9-10H,5,8,13H2,1-2H3. The Morgan fingerprint density at radius 3 is 2.88 bits per heavy atom. The maximum atomic E-state index is 5.90. The van der Waals surface area contributed by atoms with E-state index in [1.807, 2.05) is 32.4 Å². The molecule has 2 heterocycles. The lowest BCUT2D eigenvalue weighted by molar-refractivity contribution is 0.603. The maximum Gasteiger partial charge on any atom is 0.110 e. The second-order valence-corrected chi connectivity index (χ2v) is 4.12. The molecule has 0 aliphatic rings. The molecule has 0 aliphatic heterocycles. The zero-order valence-corrected chi connectivity index (χ0v) is 9.80. The molecule has 0 saturated carbocycles. The van der Waals surface area contributed by atoms with Crippen LogP contribution in [0.15, 0.2) is 30.7 Å². The molecule has 1 atom stereocenters. The van der Waals surface area contributed by atoms with Gasteiger partial charge in [-0.2, -0.15) is 0 Å². The second kappa shape index (κ2) is 4.53. The molecule has 4 heteroatoms. The number of hydrogen-bond acceptors (Lipinski definition) is 2. The summed E-state index contributed by atoms with van der Waals surface area (Å²) in [5.74, 6) is 1.10. The molecule has 1 unspecified atom stereocenters. The van der Waals surface area contributed by atoms with Gasteiger partial charge in [0, 0.05) is 50.3 Å². The Kier molecular flexibility index (Phi) is 3.10. The minimum atomic E-state index is 0.0800. The summed E-state index contributed by atoms with van der Waals surface area (Å²) < 4.78 is 4.24. The van der Waals surface area contributed by atoms with Crippen molar-refractivity contribution in [2.75, 3.05) is 0 Å². The molecular formula is C12H18N4. The number of hydrogen-bond donors (Lipinski definition) is 1. The van der Waals surface area contributed by atoms with E-state index >= 15 is 0 Å². The Balaban J connectivity index is 2.05. The fourth-order valence-electron chi connectivity index (χ4n) is 1.90. The van der Waals surface area contributed by atoms with Crippen LogP contribution in [0.1, 0.15) is 24.5 Å². The summed E-state index contributed by atoms with van der Waals surface area (Å²) in [5, 5.41) is 0. The van der Waals surface area contributed by atoms with Gasteiger partial charge in [-0.25, -0.2) is 4.98 Å². The van der Waals surface area contributed by atoms with Gasteiger partial charge < -0.3 is 14.9 Å². The van der Waals surface area contributed by atoms with Crippen molar-refractivity contribution in [1.82, 2.24) is 14.1 Å². The summed E-state index contributed by atoms with van der Waals surface area (Å²) in [4.78, 5) is 4.31. The lowest BCUT2D eigenvalue weighted by Crippen LogP contribution is -2.13. The molecule has 0 aromatic carbocycles. The molecule has 0 saturated heterocycles. The minimum Gasteiger partial charge on any atom is -0.350 e. The summed E-state index contributed by atoms with van der Waals surface area (Å²) in [6.45, 7) is 2.93. The number of nitrogens with zero attached hydrogens (tertiary/aromatic N) is 3. The first kappa shape index (κ1) is 11.0. The van der Waals surface area contributed by atoms with Gasteiger partial charge >= 0.3 is 0 Å². The van der Waals surface area contributed by atoms with Crippen molar-refractivity contribution < 1.29 is 0 Å². The quantitative estimate of drug-likeness (QED) is 0.845. The van der Waals surface area contributed by atoms with Crippen LogP contribution in [0.5, 0.6) is 0 Å². The van der Waals surface area contributed by atoms with Gasteiger partial charge in [-0.15, -0.1) is 0 Å². The lowest BCUT2D eigenvalue weighted by atomic mass is 10.2. The maximum absolute atomic E-state index is 5.90. The Morgan fingerprint density at radius 1 is 1.44 bits per heavy atom. The van der Waals surface area contributed by atoms with E-state index in [0.29, 0.717) is 0 Å². The molecule has 0 fully saturated rings. The predicted octanol–water partition coefficient (Wildman–Crippen LogP) is 1.48. The molecule has 86 valence electrons. The van der Waals surface area contributed by atoms with Gasteiger partial charge in [0.25, 0.3) is 0 Å². The van der Waals surface area contributed by atoms with Crippen molar-refractivity contribution in [2.24, 2.45) is 12.8 Å². The Bertz CT molecular complexity index is 453. The molecule has 2 rings (SSSR count). The number of imidazole rings is 1. The molecule has 0 spiro atoms. The van der Waals surface area contributed by atoms with Gasteiger partial charge in [0.2, 0.25) is 0 Å². The fourth-order valence-corrected chi connectivity index (χ4v) is 1.90. The smallest absolute Gasteiger partial charge is 0.110 e. The number of nitrogens with two attached hydrogens (primary N) is 1. The first-order valence-corrected chi connectivity index (χ1v) is 5.55. The molecule has 16 heavy (non-hydrogen) atoms. The summed E-state index contributed by atoms with van der Waals surface area (Å²) in [6.07, 6.45) is 6.80.